The maximum Gasteiger partial charge on any atom is 0.421 e. The smallest absolute Gasteiger partial charge is 0.421 e. The highest BCUT2D eigenvalue weighted by Crippen LogP contribution is 2.36. The van der Waals surface area contributed by atoms with E-state index < -0.39 is 33.7 Å². The number of halogens is 3. The van der Waals surface area contributed by atoms with Crippen LogP contribution in [0.1, 0.15) is 22.8 Å². The molecule has 0 spiro atoms. The number of alkyl halides is 3. The molecular weight excluding hydrogens is 385 g/mol. The van der Waals surface area contributed by atoms with E-state index in [0.29, 0.717) is 0 Å². The number of carbonyl (C=O) groups excluding carboxylic acids is 1. The molecule has 1 aliphatic rings. The fourth-order valence-electron chi connectivity index (χ4n) is 2.55. The Labute approximate surface area is 153 Å². The van der Waals surface area contributed by atoms with Gasteiger partial charge in [0.1, 0.15) is 11.7 Å². The van der Waals surface area contributed by atoms with Crippen molar-refractivity contribution in [3.05, 3.63) is 53.7 Å². The van der Waals surface area contributed by atoms with E-state index in [9.17, 15) is 26.4 Å². The average Bonchev–Trinajstić information content (AvgIpc) is 2.57. The molecule has 2 aromatic rings. The highest BCUT2D eigenvalue weighted by molar-refractivity contribution is 7.89. The van der Waals surface area contributed by atoms with Gasteiger partial charge in [-0.3, -0.25) is 4.79 Å². The number of pyridine rings is 1. The zero-order valence-electron chi connectivity index (χ0n) is 14.1. The number of sulfonamides is 1. The van der Waals surface area contributed by atoms with Crippen molar-refractivity contribution < 1.29 is 31.1 Å². The van der Waals surface area contributed by atoms with Crippen LogP contribution in [-0.4, -0.2) is 42.7 Å². The molecule has 1 aromatic heterocycles. The third kappa shape index (κ3) is 3.96. The van der Waals surface area contributed by atoms with Crippen LogP contribution in [0, 0.1) is 0 Å². The van der Waals surface area contributed by atoms with Gasteiger partial charge in [-0.15, -0.1) is 0 Å². The third-order valence-corrected chi connectivity index (χ3v) is 5.88. The molecule has 0 atom stereocenters. The summed E-state index contributed by atoms with van der Waals surface area (Å²) >= 11 is 0. The van der Waals surface area contributed by atoms with Crippen molar-refractivity contribution in [3.63, 3.8) is 0 Å². The zero-order chi connectivity index (χ0) is 19.8. The van der Waals surface area contributed by atoms with E-state index in [1.807, 2.05) is 0 Å². The Balaban J connectivity index is 1.71. The Kier molecular flexibility index (Phi) is 4.96. The first kappa shape index (κ1) is 19.3. The molecule has 1 fully saturated rings. The summed E-state index contributed by atoms with van der Waals surface area (Å²) in [5.74, 6) is -0.850. The van der Waals surface area contributed by atoms with E-state index in [4.69, 9.17) is 4.74 Å². The highest BCUT2D eigenvalue weighted by atomic mass is 32.2. The van der Waals surface area contributed by atoms with Gasteiger partial charge in [0.15, 0.2) is 5.78 Å². The second-order valence-corrected chi connectivity index (χ2v) is 7.94. The summed E-state index contributed by atoms with van der Waals surface area (Å²) < 4.78 is 70.3. The van der Waals surface area contributed by atoms with Gasteiger partial charge in [0.05, 0.1) is 18.0 Å². The Morgan fingerprint density at radius 3 is 2.56 bits per heavy atom. The minimum absolute atomic E-state index is 0.0533. The number of carbonyl (C=O) groups is 1. The predicted octanol–water partition coefficient (Wildman–Crippen LogP) is 2.75. The molecule has 10 heteroatoms. The Morgan fingerprint density at radius 1 is 1.22 bits per heavy atom. The third-order valence-electron chi connectivity index (χ3n) is 4.05. The molecule has 1 aliphatic heterocycles. The fraction of sp³-hybridized carbons (Fsp3) is 0.294. The van der Waals surface area contributed by atoms with Gasteiger partial charge in [-0.25, -0.2) is 13.4 Å². The number of rotatable bonds is 5. The van der Waals surface area contributed by atoms with Crippen LogP contribution in [0.5, 0.6) is 5.88 Å². The van der Waals surface area contributed by atoms with Crippen molar-refractivity contribution >= 4 is 15.8 Å². The molecule has 1 aromatic carbocycles. The zero-order valence-corrected chi connectivity index (χ0v) is 14.9. The molecule has 1 saturated heterocycles. The second kappa shape index (κ2) is 6.93. The molecule has 6 nitrogen and oxygen atoms in total. The molecule has 0 amide bonds. The lowest BCUT2D eigenvalue weighted by molar-refractivity contribution is -0.140. The molecule has 0 aliphatic carbocycles. The average molecular weight is 400 g/mol. The number of hydrogen-bond acceptors (Lipinski definition) is 5. The van der Waals surface area contributed by atoms with Crippen molar-refractivity contribution in [1.82, 2.24) is 9.29 Å². The second-order valence-electron chi connectivity index (χ2n) is 6.00. The van der Waals surface area contributed by atoms with Gasteiger partial charge >= 0.3 is 6.18 Å². The van der Waals surface area contributed by atoms with Crippen LogP contribution in [0.25, 0.3) is 0 Å². The summed E-state index contributed by atoms with van der Waals surface area (Å²) in [6.07, 6.45) is -4.19. The molecule has 0 radical (unpaired) electrons. The lowest BCUT2D eigenvalue weighted by atomic mass is 10.2. The van der Waals surface area contributed by atoms with E-state index >= 15 is 0 Å². The quantitative estimate of drug-likeness (QED) is 0.722. The summed E-state index contributed by atoms with van der Waals surface area (Å²) in [5.41, 5.74) is -0.756. The monoisotopic (exact) mass is 400 g/mol. The van der Waals surface area contributed by atoms with Crippen LogP contribution in [-0.2, 0) is 16.2 Å². The molecule has 0 unspecified atom stereocenters. The summed E-state index contributed by atoms with van der Waals surface area (Å²) in [4.78, 5) is 15.0. The van der Waals surface area contributed by atoms with Crippen LogP contribution < -0.4 is 4.74 Å². The summed E-state index contributed by atoms with van der Waals surface area (Å²) in [5, 5.41) is 0. The van der Waals surface area contributed by atoms with Gasteiger partial charge in [-0.05, 0) is 31.2 Å². The molecular formula is C17H15F3N2O4S. The largest absolute Gasteiger partial charge is 0.471 e. The van der Waals surface area contributed by atoms with Crippen LogP contribution in [0.2, 0.25) is 0 Å². The molecule has 2 heterocycles. The van der Waals surface area contributed by atoms with Crippen LogP contribution in [0.3, 0.4) is 0 Å². The first-order valence-electron chi connectivity index (χ1n) is 7.89. The van der Waals surface area contributed by atoms with Gasteiger partial charge in [0, 0.05) is 11.8 Å². The highest BCUT2D eigenvalue weighted by Gasteiger charge is 2.41. The fourth-order valence-corrected chi connectivity index (χ4v) is 4.10. The first-order chi connectivity index (χ1) is 12.6. The Morgan fingerprint density at radius 2 is 1.93 bits per heavy atom. The number of ketones is 1. The Hall–Kier alpha value is -2.46. The maximum atomic E-state index is 13.0. The van der Waals surface area contributed by atoms with Gasteiger partial charge in [0.25, 0.3) is 0 Å². The molecule has 0 N–H and O–H groups in total. The number of nitrogens with zero attached hydrogens (tertiary/aromatic N) is 2. The van der Waals surface area contributed by atoms with Crippen molar-refractivity contribution in [2.75, 3.05) is 13.1 Å². The van der Waals surface area contributed by atoms with E-state index in [1.165, 1.54) is 37.4 Å². The lowest BCUT2D eigenvalue weighted by Gasteiger charge is -2.37. The van der Waals surface area contributed by atoms with Crippen molar-refractivity contribution in [2.45, 2.75) is 24.1 Å². The van der Waals surface area contributed by atoms with Crippen molar-refractivity contribution in [3.8, 4) is 5.88 Å². The minimum atomic E-state index is -4.62. The molecule has 0 bridgehead atoms. The maximum absolute atomic E-state index is 13.0. The van der Waals surface area contributed by atoms with Crippen LogP contribution in [0.15, 0.2) is 47.5 Å². The summed E-state index contributed by atoms with van der Waals surface area (Å²) in [6.45, 7) is 1.10. The van der Waals surface area contributed by atoms with Gasteiger partial charge in [-0.2, -0.15) is 17.5 Å². The SMILES string of the molecule is CC(=O)c1cccc(S(=O)(=O)N2CC(Oc3ncccc3C(F)(F)F)C2)c1. The van der Waals surface area contributed by atoms with E-state index in [2.05, 4.69) is 4.98 Å². The van der Waals surface area contributed by atoms with E-state index in [0.717, 1.165) is 16.4 Å². The molecule has 0 saturated carbocycles. The topological polar surface area (TPSA) is 76.6 Å². The van der Waals surface area contributed by atoms with E-state index in [1.54, 1.807) is 0 Å². The molecule has 3 rings (SSSR count). The lowest BCUT2D eigenvalue weighted by Crippen LogP contribution is -2.56. The van der Waals surface area contributed by atoms with Crippen molar-refractivity contribution in [1.29, 1.82) is 0 Å². The van der Waals surface area contributed by atoms with E-state index in [-0.39, 0.29) is 29.3 Å². The normalized spacial score (nSPS) is 16.0. The summed E-state index contributed by atoms with van der Waals surface area (Å²) in [7, 11) is -3.86. The number of ether oxygens (including phenoxy) is 1. The number of benzene rings is 1. The number of Topliss-reactive ketones (excluding diaryl/α,β-unsaturated/α-hetero) is 1. The van der Waals surface area contributed by atoms with Gasteiger partial charge < -0.3 is 4.74 Å². The van der Waals surface area contributed by atoms with Crippen LogP contribution in [0.4, 0.5) is 13.2 Å². The Bertz CT molecular complexity index is 970. The first-order valence-corrected chi connectivity index (χ1v) is 9.33. The molecule has 27 heavy (non-hydrogen) atoms. The van der Waals surface area contributed by atoms with Crippen molar-refractivity contribution in [2.24, 2.45) is 0 Å². The number of hydrogen-bond donors (Lipinski definition) is 0. The van der Waals surface area contributed by atoms with Gasteiger partial charge in [0.2, 0.25) is 15.9 Å². The number of aromatic nitrogens is 1. The predicted molar refractivity (Wildman–Crippen MR) is 88.9 cm³/mol. The van der Waals surface area contributed by atoms with Gasteiger partial charge in [-0.1, -0.05) is 12.1 Å². The standard InChI is InChI=1S/C17H15F3N2O4S/c1-11(23)12-4-2-5-14(8-12)27(24,25)22-9-13(10-22)26-16-15(17(18,19)20)6-3-7-21-16/h2-8,13H,9-10H2,1H3. The minimum Gasteiger partial charge on any atom is -0.471 e. The van der Waals surface area contributed by atoms with Crippen LogP contribution >= 0.6 is 0 Å². The molecule has 144 valence electrons. The summed E-state index contributed by atoms with van der Waals surface area (Å²) in [6, 6.07) is 7.59.